The van der Waals surface area contributed by atoms with E-state index >= 15 is 0 Å². The molecule has 1 fully saturated rings. The van der Waals surface area contributed by atoms with Crippen LogP contribution < -0.4 is 5.32 Å². The SMILES string of the molecule is C1=CC(C2CCC2)NC1. The van der Waals surface area contributed by atoms with Crippen molar-refractivity contribution in [3.05, 3.63) is 12.2 Å². The van der Waals surface area contributed by atoms with Gasteiger partial charge in [0.15, 0.2) is 0 Å². The van der Waals surface area contributed by atoms with Crippen molar-refractivity contribution in [1.29, 1.82) is 0 Å². The van der Waals surface area contributed by atoms with Crippen LogP contribution in [0.4, 0.5) is 0 Å². The van der Waals surface area contributed by atoms with E-state index in [9.17, 15) is 0 Å². The van der Waals surface area contributed by atoms with E-state index in [2.05, 4.69) is 17.5 Å². The highest BCUT2D eigenvalue weighted by atomic mass is 14.9. The lowest BCUT2D eigenvalue weighted by Crippen LogP contribution is -2.34. The van der Waals surface area contributed by atoms with Gasteiger partial charge < -0.3 is 5.32 Å². The minimum atomic E-state index is 0.735. The van der Waals surface area contributed by atoms with Gasteiger partial charge in [-0.25, -0.2) is 0 Å². The van der Waals surface area contributed by atoms with E-state index < -0.39 is 0 Å². The second-order valence-corrected chi connectivity index (χ2v) is 3.05. The highest BCUT2D eigenvalue weighted by Crippen LogP contribution is 2.30. The molecular weight excluding hydrogens is 110 g/mol. The lowest BCUT2D eigenvalue weighted by Gasteiger charge is -2.30. The first-order chi connectivity index (χ1) is 4.47. The van der Waals surface area contributed by atoms with Crippen LogP contribution in [0.15, 0.2) is 12.2 Å². The molecule has 1 aliphatic heterocycles. The Hall–Kier alpha value is -0.300. The molecule has 1 aliphatic carbocycles. The molecule has 0 aromatic rings. The van der Waals surface area contributed by atoms with Crippen LogP contribution in [0.1, 0.15) is 19.3 Å². The molecule has 1 heteroatoms. The summed E-state index contributed by atoms with van der Waals surface area (Å²) in [6.07, 6.45) is 8.91. The molecule has 0 amide bonds. The lowest BCUT2D eigenvalue weighted by molar-refractivity contribution is 0.269. The predicted octanol–water partition coefficient (Wildman–Crippen LogP) is 1.31. The van der Waals surface area contributed by atoms with Crippen molar-refractivity contribution >= 4 is 0 Å². The summed E-state index contributed by atoms with van der Waals surface area (Å²) < 4.78 is 0. The zero-order chi connectivity index (χ0) is 6.10. The third kappa shape index (κ3) is 0.897. The van der Waals surface area contributed by atoms with Gasteiger partial charge in [-0.1, -0.05) is 18.6 Å². The largest absolute Gasteiger partial charge is 0.307 e. The molecular formula is C8H13N. The molecule has 1 N–H and O–H groups in total. The molecule has 1 nitrogen and oxygen atoms in total. The van der Waals surface area contributed by atoms with E-state index in [4.69, 9.17) is 0 Å². The van der Waals surface area contributed by atoms with E-state index in [0.29, 0.717) is 0 Å². The van der Waals surface area contributed by atoms with Gasteiger partial charge in [0.05, 0.1) is 0 Å². The van der Waals surface area contributed by atoms with Crippen molar-refractivity contribution in [2.45, 2.75) is 25.3 Å². The summed E-state index contributed by atoms with van der Waals surface area (Å²) in [7, 11) is 0. The van der Waals surface area contributed by atoms with Crippen molar-refractivity contribution in [2.24, 2.45) is 5.92 Å². The van der Waals surface area contributed by atoms with E-state index in [1.165, 1.54) is 19.3 Å². The fraction of sp³-hybridized carbons (Fsp3) is 0.750. The normalized spacial score (nSPS) is 34.9. The Morgan fingerprint density at radius 1 is 1.33 bits per heavy atom. The van der Waals surface area contributed by atoms with Gasteiger partial charge in [0, 0.05) is 12.6 Å². The molecule has 50 valence electrons. The Morgan fingerprint density at radius 3 is 2.67 bits per heavy atom. The van der Waals surface area contributed by atoms with Gasteiger partial charge >= 0.3 is 0 Å². The average Bonchev–Trinajstić information content (AvgIpc) is 2.11. The zero-order valence-corrected chi connectivity index (χ0v) is 5.64. The van der Waals surface area contributed by atoms with Crippen LogP contribution in [0.5, 0.6) is 0 Å². The highest BCUT2D eigenvalue weighted by molar-refractivity contribution is 5.05. The summed E-state index contributed by atoms with van der Waals surface area (Å²) in [6.45, 7) is 1.10. The quantitative estimate of drug-likeness (QED) is 0.518. The Labute approximate surface area is 56.1 Å². The molecule has 0 radical (unpaired) electrons. The van der Waals surface area contributed by atoms with Crippen LogP contribution in [-0.4, -0.2) is 12.6 Å². The third-order valence-electron chi connectivity index (χ3n) is 2.47. The van der Waals surface area contributed by atoms with Gasteiger partial charge in [-0.2, -0.15) is 0 Å². The molecule has 0 aromatic carbocycles. The number of hydrogen-bond donors (Lipinski definition) is 1. The maximum absolute atomic E-state index is 3.45. The monoisotopic (exact) mass is 123 g/mol. The second kappa shape index (κ2) is 2.14. The van der Waals surface area contributed by atoms with E-state index in [1.54, 1.807) is 0 Å². The summed E-state index contributed by atoms with van der Waals surface area (Å²) in [5, 5.41) is 3.45. The third-order valence-corrected chi connectivity index (χ3v) is 2.47. The first kappa shape index (κ1) is 5.48. The van der Waals surface area contributed by atoms with E-state index in [-0.39, 0.29) is 0 Å². The van der Waals surface area contributed by atoms with Gasteiger partial charge in [0.25, 0.3) is 0 Å². The van der Waals surface area contributed by atoms with Crippen LogP contribution in [0.25, 0.3) is 0 Å². The Bertz CT molecular complexity index is 125. The van der Waals surface area contributed by atoms with Crippen LogP contribution in [-0.2, 0) is 0 Å². The summed E-state index contributed by atoms with van der Waals surface area (Å²) in [5.74, 6) is 0.976. The molecule has 1 atom stereocenters. The Morgan fingerprint density at radius 2 is 2.22 bits per heavy atom. The van der Waals surface area contributed by atoms with Crippen molar-refractivity contribution < 1.29 is 0 Å². The van der Waals surface area contributed by atoms with Crippen LogP contribution >= 0.6 is 0 Å². The molecule has 1 heterocycles. The van der Waals surface area contributed by atoms with Gasteiger partial charge in [-0.3, -0.25) is 0 Å². The summed E-state index contributed by atoms with van der Waals surface area (Å²) in [5.41, 5.74) is 0. The molecule has 1 unspecified atom stereocenters. The zero-order valence-electron chi connectivity index (χ0n) is 5.64. The van der Waals surface area contributed by atoms with Crippen molar-refractivity contribution in [2.75, 3.05) is 6.54 Å². The summed E-state index contributed by atoms with van der Waals surface area (Å²) in [6, 6.07) is 0.735. The first-order valence-corrected chi connectivity index (χ1v) is 3.87. The fourth-order valence-corrected chi connectivity index (χ4v) is 1.61. The topological polar surface area (TPSA) is 12.0 Å². The molecule has 0 saturated heterocycles. The molecule has 0 spiro atoms. The number of rotatable bonds is 1. The Kier molecular flexibility index (Phi) is 1.31. The van der Waals surface area contributed by atoms with E-state index in [0.717, 1.165) is 18.5 Å². The average molecular weight is 123 g/mol. The lowest BCUT2D eigenvalue weighted by atomic mass is 9.80. The minimum Gasteiger partial charge on any atom is -0.307 e. The van der Waals surface area contributed by atoms with Gasteiger partial charge in [-0.05, 0) is 18.8 Å². The van der Waals surface area contributed by atoms with Gasteiger partial charge in [-0.15, -0.1) is 0 Å². The first-order valence-electron chi connectivity index (χ1n) is 3.87. The molecule has 2 rings (SSSR count). The van der Waals surface area contributed by atoms with Crippen molar-refractivity contribution in [1.82, 2.24) is 5.32 Å². The second-order valence-electron chi connectivity index (χ2n) is 3.05. The molecule has 2 aliphatic rings. The van der Waals surface area contributed by atoms with Crippen molar-refractivity contribution in [3.63, 3.8) is 0 Å². The predicted molar refractivity (Wildman–Crippen MR) is 38.3 cm³/mol. The standard InChI is InChI=1S/C8H13N/c1-3-7(4-1)8-5-2-6-9-8/h2,5,7-9H,1,3-4,6H2. The van der Waals surface area contributed by atoms with E-state index in [1.807, 2.05) is 0 Å². The van der Waals surface area contributed by atoms with Gasteiger partial charge in [0.2, 0.25) is 0 Å². The van der Waals surface area contributed by atoms with Crippen LogP contribution in [0.2, 0.25) is 0 Å². The molecule has 9 heavy (non-hydrogen) atoms. The molecule has 0 bridgehead atoms. The minimum absolute atomic E-state index is 0.735. The summed E-state index contributed by atoms with van der Waals surface area (Å²) in [4.78, 5) is 0. The van der Waals surface area contributed by atoms with Gasteiger partial charge in [0.1, 0.15) is 0 Å². The van der Waals surface area contributed by atoms with Crippen molar-refractivity contribution in [3.8, 4) is 0 Å². The van der Waals surface area contributed by atoms with Crippen LogP contribution in [0, 0.1) is 5.92 Å². The summed E-state index contributed by atoms with van der Waals surface area (Å²) >= 11 is 0. The Balaban J connectivity index is 1.89. The fourth-order valence-electron chi connectivity index (χ4n) is 1.61. The number of hydrogen-bond acceptors (Lipinski definition) is 1. The molecule has 1 saturated carbocycles. The highest BCUT2D eigenvalue weighted by Gasteiger charge is 2.25. The maximum Gasteiger partial charge on any atom is 0.0281 e. The number of nitrogens with one attached hydrogen (secondary N) is 1. The van der Waals surface area contributed by atoms with Crippen LogP contribution in [0.3, 0.4) is 0 Å². The smallest absolute Gasteiger partial charge is 0.0281 e. The maximum atomic E-state index is 3.45. The molecule has 0 aromatic heterocycles.